The molecule has 0 saturated carbocycles. The lowest BCUT2D eigenvalue weighted by molar-refractivity contribution is -0.384. The Morgan fingerprint density at radius 1 is 1.50 bits per heavy atom. The number of benzene rings is 1. The predicted octanol–water partition coefficient (Wildman–Crippen LogP) is 2.12. The van der Waals surface area contributed by atoms with E-state index in [4.69, 9.17) is 5.26 Å². The molecule has 1 aromatic carbocycles. The second-order valence-electron chi connectivity index (χ2n) is 3.00. The second-order valence-corrected chi connectivity index (χ2v) is 3.00. The van der Waals surface area contributed by atoms with E-state index >= 15 is 0 Å². The van der Waals surface area contributed by atoms with Gasteiger partial charge in [-0.25, -0.2) is 0 Å². The molecule has 0 atom stereocenters. The van der Waals surface area contributed by atoms with Crippen LogP contribution in [0.1, 0.15) is 5.56 Å². The van der Waals surface area contributed by atoms with Crippen LogP contribution >= 0.6 is 0 Å². The zero-order valence-electron chi connectivity index (χ0n) is 7.95. The summed E-state index contributed by atoms with van der Waals surface area (Å²) in [5.41, 5.74) is 0.996. The average molecular weight is 215 g/mol. The summed E-state index contributed by atoms with van der Waals surface area (Å²) in [6, 6.07) is 7.77. The molecular weight excluding hydrogens is 210 g/mol. The highest BCUT2D eigenvalue weighted by Gasteiger charge is 2.13. The Labute approximate surface area is 89.9 Å². The fraction of sp³-hybridized carbons (Fsp3) is 0. The Bertz CT molecular complexity index is 583. The SMILES string of the molecule is N#Cc1conc1-c1cccc([N+](=O)[O-])c1. The number of nitrogens with zero attached hydrogens (tertiary/aromatic N) is 3. The zero-order valence-corrected chi connectivity index (χ0v) is 7.95. The van der Waals surface area contributed by atoms with Crippen LogP contribution in [0, 0.1) is 21.4 Å². The van der Waals surface area contributed by atoms with Crippen molar-refractivity contribution in [3.05, 3.63) is 46.2 Å². The summed E-state index contributed by atoms with van der Waals surface area (Å²) in [6.07, 6.45) is 1.20. The molecule has 6 heteroatoms. The number of nitro groups is 1. The molecule has 0 aliphatic rings. The molecule has 1 heterocycles. The standard InChI is InChI=1S/C10H5N3O3/c11-5-8-6-16-12-10(8)7-2-1-3-9(4-7)13(14)15/h1-4,6H. The minimum atomic E-state index is -0.504. The van der Waals surface area contributed by atoms with Crippen LogP contribution in [0.25, 0.3) is 11.3 Å². The van der Waals surface area contributed by atoms with Gasteiger partial charge in [0.15, 0.2) is 0 Å². The monoisotopic (exact) mass is 215 g/mol. The summed E-state index contributed by atoms with van der Waals surface area (Å²) in [6.45, 7) is 0. The third-order valence-corrected chi connectivity index (χ3v) is 2.02. The first kappa shape index (κ1) is 9.86. The van der Waals surface area contributed by atoms with Crippen LogP contribution in [0.3, 0.4) is 0 Å². The first-order valence-electron chi connectivity index (χ1n) is 4.31. The Kier molecular flexibility index (Phi) is 2.36. The fourth-order valence-electron chi connectivity index (χ4n) is 1.29. The van der Waals surface area contributed by atoms with Gasteiger partial charge in [-0.2, -0.15) is 5.26 Å². The summed E-state index contributed by atoms with van der Waals surface area (Å²) in [5, 5.41) is 23.0. The maximum absolute atomic E-state index is 10.6. The van der Waals surface area contributed by atoms with Crippen molar-refractivity contribution < 1.29 is 9.45 Å². The maximum Gasteiger partial charge on any atom is 0.270 e. The Morgan fingerprint density at radius 3 is 3.00 bits per heavy atom. The van der Waals surface area contributed by atoms with Crippen molar-refractivity contribution >= 4 is 5.69 Å². The molecule has 0 fully saturated rings. The topological polar surface area (TPSA) is 93.0 Å². The summed E-state index contributed by atoms with van der Waals surface area (Å²) >= 11 is 0. The van der Waals surface area contributed by atoms with E-state index in [-0.39, 0.29) is 11.3 Å². The van der Waals surface area contributed by atoms with Crippen molar-refractivity contribution in [3.63, 3.8) is 0 Å². The summed E-state index contributed by atoms with van der Waals surface area (Å²) in [5.74, 6) is 0. The highest BCUT2D eigenvalue weighted by atomic mass is 16.6. The second kappa shape index (κ2) is 3.82. The molecule has 0 radical (unpaired) electrons. The Morgan fingerprint density at radius 2 is 2.31 bits per heavy atom. The molecule has 2 aromatic rings. The predicted molar refractivity (Wildman–Crippen MR) is 53.3 cm³/mol. The van der Waals surface area contributed by atoms with Gasteiger partial charge in [0.25, 0.3) is 5.69 Å². The lowest BCUT2D eigenvalue weighted by atomic mass is 10.1. The molecule has 0 spiro atoms. The van der Waals surface area contributed by atoms with Crippen LogP contribution < -0.4 is 0 Å². The van der Waals surface area contributed by atoms with Crippen molar-refractivity contribution in [1.29, 1.82) is 5.26 Å². The normalized spacial score (nSPS) is 9.69. The van der Waals surface area contributed by atoms with Gasteiger partial charge >= 0.3 is 0 Å². The maximum atomic E-state index is 10.6. The number of aromatic nitrogens is 1. The minimum Gasteiger partial charge on any atom is -0.363 e. The van der Waals surface area contributed by atoms with E-state index in [1.807, 2.05) is 6.07 Å². The quantitative estimate of drug-likeness (QED) is 0.565. The van der Waals surface area contributed by atoms with E-state index in [9.17, 15) is 10.1 Å². The minimum absolute atomic E-state index is 0.0515. The van der Waals surface area contributed by atoms with E-state index in [1.165, 1.54) is 24.5 Å². The molecule has 0 aliphatic heterocycles. The fourth-order valence-corrected chi connectivity index (χ4v) is 1.29. The summed E-state index contributed by atoms with van der Waals surface area (Å²) in [4.78, 5) is 10.1. The van der Waals surface area contributed by atoms with E-state index < -0.39 is 4.92 Å². The lowest BCUT2D eigenvalue weighted by Crippen LogP contribution is -1.88. The molecule has 6 nitrogen and oxygen atoms in total. The van der Waals surface area contributed by atoms with Crippen molar-refractivity contribution in [2.75, 3.05) is 0 Å². The molecule has 0 unspecified atom stereocenters. The van der Waals surface area contributed by atoms with Gasteiger partial charge in [-0.15, -0.1) is 0 Å². The molecular formula is C10H5N3O3. The molecule has 0 bridgehead atoms. The molecule has 0 aliphatic carbocycles. The van der Waals surface area contributed by atoms with Gasteiger partial charge in [-0.05, 0) is 0 Å². The highest BCUT2D eigenvalue weighted by Crippen LogP contribution is 2.24. The summed E-state index contributed by atoms with van der Waals surface area (Å²) in [7, 11) is 0. The van der Waals surface area contributed by atoms with Crippen LogP contribution in [0.5, 0.6) is 0 Å². The number of nitriles is 1. The number of non-ortho nitro benzene ring substituents is 1. The van der Waals surface area contributed by atoms with Gasteiger partial charge in [0.05, 0.1) is 4.92 Å². The van der Waals surface area contributed by atoms with Crippen LogP contribution in [0.4, 0.5) is 5.69 Å². The number of rotatable bonds is 2. The largest absolute Gasteiger partial charge is 0.363 e. The highest BCUT2D eigenvalue weighted by molar-refractivity contribution is 5.67. The van der Waals surface area contributed by atoms with Crippen LogP contribution in [-0.2, 0) is 0 Å². The molecule has 1 aromatic heterocycles. The Balaban J connectivity index is 2.53. The van der Waals surface area contributed by atoms with Gasteiger partial charge in [0.1, 0.15) is 23.6 Å². The van der Waals surface area contributed by atoms with Gasteiger partial charge in [0.2, 0.25) is 0 Å². The molecule has 16 heavy (non-hydrogen) atoms. The van der Waals surface area contributed by atoms with Crippen LogP contribution in [-0.4, -0.2) is 10.1 Å². The number of hydrogen-bond donors (Lipinski definition) is 0. The molecule has 0 saturated heterocycles. The number of nitro benzene ring substituents is 1. The zero-order chi connectivity index (χ0) is 11.5. The molecule has 2 rings (SSSR count). The van der Waals surface area contributed by atoms with Crippen LogP contribution in [0.2, 0.25) is 0 Å². The van der Waals surface area contributed by atoms with E-state index in [2.05, 4.69) is 9.68 Å². The number of hydrogen-bond acceptors (Lipinski definition) is 5. The van der Waals surface area contributed by atoms with Gasteiger partial charge in [0, 0.05) is 17.7 Å². The van der Waals surface area contributed by atoms with Crippen molar-refractivity contribution in [2.24, 2.45) is 0 Å². The third kappa shape index (κ3) is 1.62. The molecule has 0 N–H and O–H groups in total. The van der Waals surface area contributed by atoms with E-state index in [0.717, 1.165) is 0 Å². The lowest BCUT2D eigenvalue weighted by Gasteiger charge is -1.96. The van der Waals surface area contributed by atoms with E-state index in [1.54, 1.807) is 6.07 Å². The van der Waals surface area contributed by atoms with Gasteiger partial charge in [-0.3, -0.25) is 10.1 Å². The van der Waals surface area contributed by atoms with Crippen LogP contribution in [0.15, 0.2) is 35.1 Å². The van der Waals surface area contributed by atoms with Crippen molar-refractivity contribution in [3.8, 4) is 17.3 Å². The smallest absolute Gasteiger partial charge is 0.270 e. The first-order chi connectivity index (χ1) is 7.72. The average Bonchev–Trinajstić information content (AvgIpc) is 2.77. The third-order valence-electron chi connectivity index (χ3n) is 2.02. The van der Waals surface area contributed by atoms with E-state index in [0.29, 0.717) is 11.3 Å². The summed E-state index contributed by atoms with van der Waals surface area (Å²) < 4.78 is 4.65. The molecule has 78 valence electrons. The van der Waals surface area contributed by atoms with Crippen molar-refractivity contribution in [2.45, 2.75) is 0 Å². The molecule has 0 amide bonds. The van der Waals surface area contributed by atoms with Gasteiger partial charge in [-0.1, -0.05) is 17.3 Å². The van der Waals surface area contributed by atoms with Gasteiger partial charge < -0.3 is 4.52 Å². The first-order valence-corrected chi connectivity index (χ1v) is 4.31. The Hall–Kier alpha value is -2.68. The van der Waals surface area contributed by atoms with Crippen molar-refractivity contribution in [1.82, 2.24) is 5.16 Å².